The van der Waals surface area contributed by atoms with Crippen molar-refractivity contribution in [2.45, 2.75) is 24.4 Å². The van der Waals surface area contributed by atoms with Crippen molar-refractivity contribution in [3.05, 3.63) is 34.4 Å². The number of non-ortho nitro benzene ring substituents is 1. The zero-order valence-electron chi connectivity index (χ0n) is 12.0. The Bertz CT molecular complexity index is 482. The first-order chi connectivity index (χ1) is 10.3. The molecule has 0 bridgehead atoms. The second-order valence-electron chi connectivity index (χ2n) is 4.95. The molecule has 0 aliphatic rings. The predicted octanol–water partition coefficient (Wildman–Crippen LogP) is -1.53. The SMILES string of the molecule is CN(C[C@H](O)[C@@H](O)[C@H](O)[C@H](O)CO)c1ccc([N+](=O)[O-])cc1. The third-order valence-electron chi connectivity index (χ3n) is 3.29. The largest absolute Gasteiger partial charge is 0.394 e. The van der Waals surface area contributed by atoms with E-state index < -0.39 is 35.9 Å². The molecule has 22 heavy (non-hydrogen) atoms. The van der Waals surface area contributed by atoms with Gasteiger partial charge >= 0.3 is 0 Å². The number of nitro groups is 1. The van der Waals surface area contributed by atoms with Gasteiger partial charge in [0.1, 0.15) is 18.3 Å². The Morgan fingerprint density at radius 2 is 1.59 bits per heavy atom. The van der Waals surface area contributed by atoms with Crippen LogP contribution in [0.4, 0.5) is 11.4 Å². The minimum absolute atomic E-state index is 0.0702. The summed E-state index contributed by atoms with van der Waals surface area (Å²) in [5.74, 6) is 0. The number of aliphatic hydroxyl groups is 5. The molecule has 4 atom stereocenters. The second kappa shape index (κ2) is 8.01. The zero-order chi connectivity index (χ0) is 16.9. The summed E-state index contributed by atoms with van der Waals surface area (Å²) in [6.45, 7) is -0.836. The summed E-state index contributed by atoms with van der Waals surface area (Å²) in [5.41, 5.74) is 0.494. The Hall–Kier alpha value is -1.78. The van der Waals surface area contributed by atoms with Crippen molar-refractivity contribution in [3.8, 4) is 0 Å². The van der Waals surface area contributed by atoms with Crippen LogP contribution in [0.3, 0.4) is 0 Å². The van der Waals surface area contributed by atoms with Crippen LogP contribution in [0.15, 0.2) is 24.3 Å². The number of likely N-dealkylation sites (N-methyl/N-ethyl adjacent to an activating group) is 1. The fourth-order valence-corrected chi connectivity index (χ4v) is 1.89. The van der Waals surface area contributed by atoms with Crippen LogP contribution in [0.1, 0.15) is 0 Å². The van der Waals surface area contributed by atoms with E-state index in [-0.39, 0.29) is 12.2 Å². The molecule has 124 valence electrons. The molecule has 0 radical (unpaired) electrons. The lowest BCUT2D eigenvalue weighted by atomic mass is 10.0. The number of nitrogens with zero attached hydrogens (tertiary/aromatic N) is 2. The Morgan fingerprint density at radius 1 is 1.09 bits per heavy atom. The van der Waals surface area contributed by atoms with Gasteiger partial charge < -0.3 is 30.4 Å². The standard InChI is InChI=1S/C13H20N2O7/c1-14(8-2-4-9(5-3-8)15(21)22)6-10(17)12(19)13(20)11(18)7-16/h2-5,10-13,16-20H,6-7H2,1H3/t10-,11+,12+,13+/m0/s1. The van der Waals surface area contributed by atoms with Crippen molar-refractivity contribution in [1.82, 2.24) is 0 Å². The summed E-state index contributed by atoms with van der Waals surface area (Å²) in [7, 11) is 1.59. The minimum Gasteiger partial charge on any atom is -0.394 e. The maximum atomic E-state index is 10.6. The molecule has 9 heteroatoms. The zero-order valence-corrected chi connectivity index (χ0v) is 12.0. The van der Waals surface area contributed by atoms with E-state index in [9.17, 15) is 30.5 Å². The number of hydrogen-bond acceptors (Lipinski definition) is 8. The van der Waals surface area contributed by atoms with E-state index in [1.165, 1.54) is 29.2 Å². The highest BCUT2D eigenvalue weighted by Crippen LogP contribution is 2.19. The van der Waals surface area contributed by atoms with E-state index in [0.717, 1.165) is 0 Å². The summed E-state index contributed by atoms with van der Waals surface area (Å²) in [4.78, 5) is 11.6. The third-order valence-corrected chi connectivity index (χ3v) is 3.29. The lowest BCUT2D eigenvalue weighted by Crippen LogP contribution is -2.49. The molecule has 0 unspecified atom stereocenters. The van der Waals surface area contributed by atoms with Crippen LogP contribution >= 0.6 is 0 Å². The van der Waals surface area contributed by atoms with E-state index in [4.69, 9.17) is 5.11 Å². The molecule has 1 aromatic carbocycles. The lowest BCUT2D eigenvalue weighted by molar-refractivity contribution is -0.384. The molecule has 0 heterocycles. The van der Waals surface area contributed by atoms with E-state index in [0.29, 0.717) is 5.69 Å². The van der Waals surface area contributed by atoms with Gasteiger partial charge in [0, 0.05) is 31.4 Å². The minimum atomic E-state index is -1.69. The summed E-state index contributed by atoms with van der Waals surface area (Å²) in [6.07, 6.45) is -6.29. The molecule has 0 aromatic heterocycles. The highest BCUT2D eigenvalue weighted by Gasteiger charge is 2.30. The molecule has 5 N–H and O–H groups in total. The number of aliphatic hydroxyl groups excluding tert-OH is 5. The van der Waals surface area contributed by atoms with Crippen molar-refractivity contribution >= 4 is 11.4 Å². The van der Waals surface area contributed by atoms with Crippen molar-refractivity contribution in [2.75, 3.05) is 25.1 Å². The Kier molecular flexibility index (Phi) is 6.65. The average molecular weight is 316 g/mol. The maximum absolute atomic E-state index is 10.6. The van der Waals surface area contributed by atoms with Crippen molar-refractivity contribution < 1.29 is 30.5 Å². The van der Waals surface area contributed by atoms with Gasteiger partial charge in [-0.3, -0.25) is 10.1 Å². The van der Waals surface area contributed by atoms with Crippen LogP contribution < -0.4 is 4.90 Å². The van der Waals surface area contributed by atoms with Crippen LogP contribution in [0.2, 0.25) is 0 Å². The van der Waals surface area contributed by atoms with Gasteiger partial charge in [0.25, 0.3) is 5.69 Å². The average Bonchev–Trinajstić information content (AvgIpc) is 2.52. The molecular weight excluding hydrogens is 296 g/mol. The Morgan fingerprint density at radius 3 is 2.05 bits per heavy atom. The quantitative estimate of drug-likeness (QED) is 0.286. The molecule has 0 saturated carbocycles. The maximum Gasteiger partial charge on any atom is 0.269 e. The van der Waals surface area contributed by atoms with Gasteiger partial charge in [-0.1, -0.05) is 0 Å². The molecule has 0 aliphatic heterocycles. The van der Waals surface area contributed by atoms with Gasteiger partial charge in [-0.25, -0.2) is 0 Å². The van der Waals surface area contributed by atoms with Gasteiger partial charge in [-0.2, -0.15) is 0 Å². The van der Waals surface area contributed by atoms with Crippen LogP contribution in [0.5, 0.6) is 0 Å². The Labute approximate surface area is 126 Å². The summed E-state index contributed by atoms with van der Waals surface area (Å²) >= 11 is 0. The monoisotopic (exact) mass is 316 g/mol. The summed E-state index contributed by atoms with van der Waals surface area (Å²) in [5, 5.41) is 57.6. The number of benzene rings is 1. The fraction of sp³-hybridized carbons (Fsp3) is 0.538. The molecule has 1 aromatic rings. The molecule has 0 spiro atoms. The van der Waals surface area contributed by atoms with Crippen molar-refractivity contribution in [3.63, 3.8) is 0 Å². The van der Waals surface area contributed by atoms with Gasteiger partial charge in [0.15, 0.2) is 0 Å². The van der Waals surface area contributed by atoms with Gasteiger partial charge in [0.05, 0.1) is 17.6 Å². The molecule has 9 nitrogen and oxygen atoms in total. The van der Waals surface area contributed by atoms with Crippen LogP contribution in [-0.4, -0.2) is 75.1 Å². The first kappa shape index (κ1) is 18.3. The smallest absolute Gasteiger partial charge is 0.269 e. The number of hydrogen-bond donors (Lipinski definition) is 5. The summed E-state index contributed by atoms with van der Waals surface area (Å²) in [6, 6.07) is 5.57. The lowest BCUT2D eigenvalue weighted by Gasteiger charge is -2.29. The molecule has 1 rings (SSSR count). The number of nitro benzene ring substituents is 1. The van der Waals surface area contributed by atoms with Crippen LogP contribution in [0.25, 0.3) is 0 Å². The van der Waals surface area contributed by atoms with E-state index in [2.05, 4.69) is 0 Å². The Balaban J connectivity index is 2.66. The first-order valence-electron chi connectivity index (χ1n) is 6.56. The van der Waals surface area contributed by atoms with Crippen LogP contribution in [0, 0.1) is 10.1 Å². The van der Waals surface area contributed by atoms with Gasteiger partial charge in [-0.15, -0.1) is 0 Å². The topological polar surface area (TPSA) is 148 Å². The predicted molar refractivity (Wildman–Crippen MR) is 77.5 cm³/mol. The normalized spacial score (nSPS) is 16.6. The van der Waals surface area contributed by atoms with Crippen molar-refractivity contribution in [2.24, 2.45) is 0 Å². The fourth-order valence-electron chi connectivity index (χ4n) is 1.89. The molecule has 0 amide bonds. The van der Waals surface area contributed by atoms with E-state index in [1.807, 2.05) is 0 Å². The number of rotatable bonds is 8. The van der Waals surface area contributed by atoms with Crippen LogP contribution in [-0.2, 0) is 0 Å². The van der Waals surface area contributed by atoms with Gasteiger partial charge in [-0.05, 0) is 12.1 Å². The molecular formula is C13H20N2O7. The molecule has 0 aliphatic carbocycles. The number of anilines is 1. The highest BCUT2D eigenvalue weighted by molar-refractivity contribution is 5.50. The molecule has 0 fully saturated rings. The summed E-state index contributed by atoms with van der Waals surface area (Å²) < 4.78 is 0. The van der Waals surface area contributed by atoms with E-state index >= 15 is 0 Å². The van der Waals surface area contributed by atoms with Gasteiger partial charge in [0.2, 0.25) is 0 Å². The first-order valence-corrected chi connectivity index (χ1v) is 6.56. The second-order valence-corrected chi connectivity index (χ2v) is 4.95. The third kappa shape index (κ3) is 4.61. The van der Waals surface area contributed by atoms with E-state index in [1.54, 1.807) is 7.05 Å². The molecule has 0 saturated heterocycles. The van der Waals surface area contributed by atoms with Crippen molar-refractivity contribution in [1.29, 1.82) is 0 Å². The highest BCUT2D eigenvalue weighted by atomic mass is 16.6.